The first-order valence-electron chi connectivity index (χ1n) is 14.8. The maximum Gasteiger partial charge on any atom is 0.429 e. The number of carbonyl (C=O) groups is 1. The van der Waals surface area contributed by atoms with Gasteiger partial charge in [-0.05, 0) is 73.4 Å². The molecule has 6 rings (SSSR count). The predicted molar refractivity (Wildman–Crippen MR) is 162 cm³/mol. The summed E-state index contributed by atoms with van der Waals surface area (Å²) in [6, 6.07) is 11.3. The number of nitrogens with two attached hydrogens (primary N) is 1. The van der Waals surface area contributed by atoms with Crippen molar-refractivity contribution in [2.24, 2.45) is 5.41 Å². The molecule has 2 fully saturated rings. The summed E-state index contributed by atoms with van der Waals surface area (Å²) >= 11 is 0. The zero-order valence-corrected chi connectivity index (χ0v) is 25.2. The summed E-state index contributed by atoms with van der Waals surface area (Å²) < 4.78 is 65.7. The molecule has 2 aromatic heterocycles. The minimum atomic E-state index is -4.87. The summed E-state index contributed by atoms with van der Waals surface area (Å²) in [6.45, 7) is 4.95. The van der Waals surface area contributed by atoms with Crippen molar-refractivity contribution in [2.45, 2.75) is 51.4 Å². The second-order valence-electron chi connectivity index (χ2n) is 12.1. The average molecular weight is 640 g/mol. The van der Waals surface area contributed by atoms with Crippen LogP contribution in [-0.4, -0.2) is 62.7 Å². The number of ether oxygens (including phenoxy) is 1. The Bertz CT molecular complexity index is 1770. The molecule has 1 spiro atoms. The number of aliphatic carboxylic acids is 1. The van der Waals surface area contributed by atoms with Gasteiger partial charge in [-0.1, -0.05) is 24.3 Å². The fourth-order valence-corrected chi connectivity index (χ4v) is 6.23. The number of hydrogen-bond donors (Lipinski definition) is 3. The van der Waals surface area contributed by atoms with E-state index in [-0.39, 0.29) is 28.5 Å². The highest BCUT2D eigenvalue weighted by Gasteiger charge is 2.46. The smallest absolute Gasteiger partial charge is 0.429 e. The number of hydrogen-bond acceptors (Lipinski definition) is 8. The van der Waals surface area contributed by atoms with Crippen LogP contribution in [0.3, 0.4) is 0 Å². The van der Waals surface area contributed by atoms with Gasteiger partial charge in [0, 0.05) is 37.5 Å². The van der Waals surface area contributed by atoms with E-state index in [0.29, 0.717) is 67.1 Å². The van der Waals surface area contributed by atoms with Crippen molar-refractivity contribution in [1.29, 1.82) is 0 Å². The second-order valence-corrected chi connectivity index (χ2v) is 12.1. The molecule has 0 bridgehead atoms. The Kier molecular flexibility index (Phi) is 8.09. The number of nitrogens with one attached hydrogen (secondary N) is 1. The Hall–Kier alpha value is -4.72. The molecule has 2 unspecified atom stereocenters. The lowest BCUT2D eigenvalue weighted by atomic mass is 9.76. The standard InChI is InChI=1S/C32H33F4N7O3/c1-18-3-4-20(13-23(18)33)21-5-6-22(25(14-21)43-10-7-19(2)41-43)28(32(34,35)36)46-27-15-26(39-30(37)40-27)42-11-8-31(9-12-42)16-24(29(44)45)38-17-31/h3-7,10,13-15,24,28,38H,8-9,11-12,16-17H2,1-2H3,(H,44,45)(H2,37,39,40). The van der Waals surface area contributed by atoms with Crippen molar-refractivity contribution in [2.75, 3.05) is 30.3 Å². The van der Waals surface area contributed by atoms with Crippen molar-refractivity contribution in [3.05, 3.63) is 77.4 Å². The molecular weight excluding hydrogens is 606 g/mol. The molecule has 0 aliphatic carbocycles. The number of rotatable bonds is 7. The van der Waals surface area contributed by atoms with Crippen molar-refractivity contribution in [1.82, 2.24) is 25.1 Å². The van der Waals surface area contributed by atoms with Gasteiger partial charge >= 0.3 is 12.1 Å². The first-order chi connectivity index (χ1) is 21.8. The predicted octanol–water partition coefficient (Wildman–Crippen LogP) is 5.38. The van der Waals surface area contributed by atoms with Crippen LogP contribution in [0.5, 0.6) is 5.88 Å². The van der Waals surface area contributed by atoms with Gasteiger partial charge in [0.15, 0.2) is 0 Å². The number of nitrogens with zero attached hydrogens (tertiary/aromatic N) is 5. The zero-order valence-electron chi connectivity index (χ0n) is 25.2. The highest BCUT2D eigenvalue weighted by atomic mass is 19.4. The molecule has 4 N–H and O–H groups in total. The number of nitrogen functional groups attached to an aromatic ring is 1. The number of aromatic nitrogens is 4. The van der Waals surface area contributed by atoms with Crippen molar-refractivity contribution < 1.29 is 32.2 Å². The highest BCUT2D eigenvalue weighted by Crippen LogP contribution is 2.43. The van der Waals surface area contributed by atoms with Crippen LogP contribution in [0, 0.1) is 25.1 Å². The Balaban J connectivity index is 1.31. The third-order valence-electron chi connectivity index (χ3n) is 8.84. The molecule has 0 radical (unpaired) electrons. The fraction of sp³-hybridized carbons (Fsp3) is 0.375. The molecule has 2 aromatic carbocycles. The molecule has 0 saturated carbocycles. The third-order valence-corrected chi connectivity index (χ3v) is 8.84. The summed E-state index contributed by atoms with van der Waals surface area (Å²) in [5.41, 5.74) is 7.68. The Labute approximate surface area is 262 Å². The minimum Gasteiger partial charge on any atom is -0.480 e. The van der Waals surface area contributed by atoms with E-state index in [4.69, 9.17) is 10.5 Å². The molecule has 4 heterocycles. The molecule has 10 nitrogen and oxygen atoms in total. The maximum absolute atomic E-state index is 14.8. The van der Waals surface area contributed by atoms with Crippen LogP contribution in [0.2, 0.25) is 0 Å². The normalized spacial score (nSPS) is 18.6. The SMILES string of the molecule is Cc1ccn(-c2cc(-c3ccc(C)c(F)c3)ccc2C(Oc2cc(N3CCC4(CC3)CNC(C(=O)O)C4)nc(N)n2)C(F)(F)F)n1. The number of halogens is 4. The van der Waals surface area contributed by atoms with Gasteiger partial charge in [-0.2, -0.15) is 28.2 Å². The van der Waals surface area contributed by atoms with E-state index >= 15 is 0 Å². The second kappa shape index (κ2) is 11.9. The van der Waals surface area contributed by atoms with E-state index in [1.165, 1.54) is 35.0 Å². The zero-order chi connectivity index (χ0) is 32.8. The summed E-state index contributed by atoms with van der Waals surface area (Å²) in [6.07, 6.45) is -3.91. The molecule has 242 valence electrons. The van der Waals surface area contributed by atoms with Crippen molar-refractivity contribution in [3.63, 3.8) is 0 Å². The first-order valence-corrected chi connectivity index (χ1v) is 14.8. The monoisotopic (exact) mass is 639 g/mol. The molecule has 4 aromatic rings. The topological polar surface area (TPSA) is 131 Å². The van der Waals surface area contributed by atoms with Gasteiger partial charge in [0.25, 0.3) is 0 Å². The lowest BCUT2D eigenvalue weighted by Gasteiger charge is -2.39. The van der Waals surface area contributed by atoms with Crippen LogP contribution < -0.4 is 20.7 Å². The molecule has 2 saturated heterocycles. The molecule has 2 atom stereocenters. The van der Waals surface area contributed by atoms with Gasteiger partial charge in [-0.25, -0.2) is 9.07 Å². The van der Waals surface area contributed by atoms with E-state index in [1.54, 1.807) is 38.2 Å². The minimum absolute atomic E-state index is 0.0994. The van der Waals surface area contributed by atoms with Gasteiger partial charge in [0.05, 0.1) is 11.4 Å². The summed E-state index contributed by atoms with van der Waals surface area (Å²) in [7, 11) is 0. The van der Waals surface area contributed by atoms with Gasteiger partial charge in [0.2, 0.25) is 17.9 Å². The summed E-state index contributed by atoms with van der Waals surface area (Å²) in [4.78, 5) is 21.6. The van der Waals surface area contributed by atoms with Gasteiger partial charge in [-0.3, -0.25) is 4.79 Å². The maximum atomic E-state index is 14.8. The number of piperidine rings is 1. The summed E-state index contributed by atoms with van der Waals surface area (Å²) in [5.74, 6) is -1.60. The summed E-state index contributed by atoms with van der Waals surface area (Å²) in [5, 5.41) is 16.8. The van der Waals surface area contributed by atoms with Crippen LogP contribution in [-0.2, 0) is 4.79 Å². The quantitative estimate of drug-likeness (QED) is 0.228. The van der Waals surface area contributed by atoms with E-state index in [2.05, 4.69) is 20.4 Å². The highest BCUT2D eigenvalue weighted by molar-refractivity contribution is 5.74. The number of alkyl halides is 3. The molecule has 2 aliphatic rings. The van der Waals surface area contributed by atoms with Gasteiger partial charge < -0.3 is 25.8 Å². The molecule has 0 amide bonds. The van der Waals surface area contributed by atoms with Gasteiger partial charge in [0.1, 0.15) is 17.7 Å². The number of carboxylic acids is 1. The largest absolute Gasteiger partial charge is 0.480 e. The van der Waals surface area contributed by atoms with Crippen LogP contribution in [0.1, 0.15) is 42.2 Å². The lowest BCUT2D eigenvalue weighted by Crippen LogP contribution is -2.41. The number of aryl methyl sites for hydroxylation is 2. The molecular formula is C32H33F4N7O3. The van der Waals surface area contributed by atoms with Crippen LogP contribution in [0.4, 0.5) is 29.3 Å². The van der Waals surface area contributed by atoms with Crippen molar-refractivity contribution >= 4 is 17.7 Å². The Morgan fingerprint density at radius 2 is 1.80 bits per heavy atom. The lowest BCUT2D eigenvalue weighted by molar-refractivity contribution is -0.198. The first kappa shape index (κ1) is 31.3. The number of anilines is 2. The van der Waals surface area contributed by atoms with E-state index < -0.39 is 30.1 Å². The molecule has 14 heteroatoms. The molecule has 46 heavy (non-hydrogen) atoms. The Morgan fingerprint density at radius 3 is 2.43 bits per heavy atom. The third kappa shape index (κ3) is 6.34. The van der Waals surface area contributed by atoms with Crippen LogP contribution >= 0.6 is 0 Å². The molecule has 2 aliphatic heterocycles. The number of carboxylic acid groups (broad SMARTS) is 1. The Morgan fingerprint density at radius 1 is 1.09 bits per heavy atom. The number of benzene rings is 2. The van der Waals surface area contributed by atoms with Crippen molar-refractivity contribution in [3.8, 4) is 22.7 Å². The van der Waals surface area contributed by atoms with E-state index in [9.17, 15) is 27.5 Å². The van der Waals surface area contributed by atoms with Crippen LogP contribution in [0.25, 0.3) is 16.8 Å². The average Bonchev–Trinajstić information content (AvgIpc) is 3.63. The van der Waals surface area contributed by atoms with Crippen LogP contribution in [0.15, 0.2) is 54.7 Å². The fourth-order valence-electron chi connectivity index (χ4n) is 6.23. The van der Waals surface area contributed by atoms with Gasteiger partial charge in [-0.15, -0.1) is 0 Å². The van der Waals surface area contributed by atoms with E-state index in [0.717, 1.165) is 0 Å². The van der Waals surface area contributed by atoms with E-state index in [1.807, 2.05) is 4.90 Å².